The van der Waals surface area contributed by atoms with Crippen molar-refractivity contribution in [3.63, 3.8) is 0 Å². The average molecular weight is 555 g/mol. The molecule has 2 aliphatic rings. The Kier molecular flexibility index (Phi) is 5.14. The summed E-state index contributed by atoms with van der Waals surface area (Å²) in [4.78, 5) is 9.51. The van der Waals surface area contributed by atoms with E-state index in [2.05, 4.69) is 117 Å². The number of hydrogen-bond acceptors (Lipinski definition) is 3. The SMILES string of the molecule is CC1C=Cc2oc3ccc(-c4ccc(C5(C)C=Cc6c(c7ccccc7c7nccnc67)C5)c5ccccc45)cc3c2C1. The molecule has 0 aliphatic heterocycles. The van der Waals surface area contributed by atoms with E-state index in [0.29, 0.717) is 5.92 Å². The Bertz CT molecular complexity index is 2340. The zero-order valence-corrected chi connectivity index (χ0v) is 24.3. The lowest BCUT2D eigenvalue weighted by Gasteiger charge is -2.33. The van der Waals surface area contributed by atoms with E-state index in [9.17, 15) is 0 Å². The Morgan fingerprint density at radius 1 is 0.744 bits per heavy atom. The lowest BCUT2D eigenvalue weighted by atomic mass is 9.70. The summed E-state index contributed by atoms with van der Waals surface area (Å²) in [7, 11) is 0. The second-order valence-corrected chi connectivity index (χ2v) is 12.5. The van der Waals surface area contributed by atoms with Gasteiger partial charge in [-0.05, 0) is 75.4 Å². The predicted octanol–water partition coefficient (Wildman–Crippen LogP) is 10.1. The summed E-state index contributed by atoms with van der Waals surface area (Å²) in [6.07, 6.45) is 14.6. The van der Waals surface area contributed by atoms with Crippen molar-refractivity contribution in [3.8, 4) is 11.1 Å². The van der Waals surface area contributed by atoms with Gasteiger partial charge in [0.2, 0.25) is 0 Å². The van der Waals surface area contributed by atoms with Crippen LogP contribution in [0.4, 0.5) is 0 Å². The molecular formula is C40H30N2O. The van der Waals surface area contributed by atoms with Crippen molar-refractivity contribution >= 4 is 55.7 Å². The van der Waals surface area contributed by atoms with E-state index in [-0.39, 0.29) is 5.41 Å². The molecule has 2 heterocycles. The normalized spacial score (nSPS) is 19.3. The molecule has 0 N–H and O–H groups in total. The minimum absolute atomic E-state index is 0.181. The standard InChI is InChI=1S/C40H30N2O/c1-24-11-15-36-32(21-24)33-22-25(12-16-37(33)43-36)26-13-14-35(29-9-5-3-7-27(26)29)40(2)18-17-31-34(23-40)28-8-4-6-10-30(28)38-39(31)42-20-19-41-38/h3-20,22,24H,21,23H2,1-2H3. The van der Waals surface area contributed by atoms with Gasteiger partial charge >= 0.3 is 0 Å². The zero-order valence-electron chi connectivity index (χ0n) is 24.3. The van der Waals surface area contributed by atoms with Crippen molar-refractivity contribution in [3.05, 3.63) is 131 Å². The van der Waals surface area contributed by atoms with Crippen molar-refractivity contribution in [2.75, 3.05) is 0 Å². The fourth-order valence-electron chi connectivity index (χ4n) is 7.59. The lowest BCUT2D eigenvalue weighted by molar-refractivity contribution is 0.584. The van der Waals surface area contributed by atoms with Gasteiger partial charge in [-0.2, -0.15) is 0 Å². The quantitative estimate of drug-likeness (QED) is 0.200. The van der Waals surface area contributed by atoms with Crippen LogP contribution in [-0.2, 0) is 18.3 Å². The first-order valence-electron chi connectivity index (χ1n) is 15.2. The van der Waals surface area contributed by atoms with Crippen molar-refractivity contribution < 1.29 is 4.42 Å². The van der Waals surface area contributed by atoms with Crippen LogP contribution in [0.25, 0.3) is 66.8 Å². The van der Waals surface area contributed by atoms with Gasteiger partial charge in [-0.3, -0.25) is 9.97 Å². The van der Waals surface area contributed by atoms with Gasteiger partial charge in [-0.15, -0.1) is 0 Å². The number of allylic oxidation sites excluding steroid dienone is 2. The molecule has 2 unspecified atom stereocenters. The topological polar surface area (TPSA) is 38.9 Å². The smallest absolute Gasteiger partial charge is 0.135 e. The first-order chi connectivity index (χ1) is 21.1. The monoisotopic (exact) mass is 554 g/mol. The van der Waals surface area contributed by atoms with E-state index < -0.39 is 0 Å². The third-order valence-electron chi connectivity index (χ3n) is 9.72. The van der Waals surface area contributed by atoms with E-state index in [1.807, 2.05) is 0 Å². The van der Waals surface area contributed by atoms with Crippen LogP contribution in [0.15, 0.2) is 108 Å². The number of aromatic nitrogens is 2. The van der Waals surface area contributed by atoms with E-state index in [1.54, 1.807) is 12.4 Å². The van der Waals surface area contributed by atoms with Crippen molar-refractivity contribution in [2.24, 2.45) is 5.92 Å². The van der Waals surface area contributed by atoms with Gasteiger partial charge in [0.05, 0.1) is 11.0 Å². The first-order valence-corrected chi connectivity index (χ1v) is 15.2. The molecule has 2 atom stereocenters. The van der Waals surface area contributed by atoms with Gasteiger partial charge in [0, 0.05) is 39.7 Å². The van der Waals surface area contributed by atoms with Gasteiger partial charge in [-0.1, -0.05) is 98.8 Å². The number of rotatable bonds is 2. The van der Waals surface area contributed by atoms with Crippen LogP contribution in [0, 0.1) is 5.92 Å². The van der Waals surface area contributed by atoms with Gasteiger partial charge in [0.1, 0.15) is 11.3 Å². The molecule has 0 bridgehead atoms. The maximum atomic E-state index is 6.21. The van der Waals surface area contributed by atoms with Gasteiger partial charge in [0.25, 0.3) is 0 Å². The summed E-state index contributed by atoms with van der Waals surface area (Å²) in [6.45, 7) is 4.65. The molecule has 0 saturated carbocycles. The molecule has 0 spiro atoms. The lowest BCUT2D eigenvalue weighted by Crippen LogP contribution is -2.26. The van der Waals surface area contributed by atoms with Crippen LogP contribution < -0.4 is 0 Å². The highest BCUT2D eigenvalue weighted by Gasteiger charge is 2.32. The Morgan fingerprint density at radius 3 is 2.37 bits per heavy atom. The third kappa shape index (κ3) is 3.61. The molecule has 0 radical (unpaired) electrons. The largest absolute Gasteiger partial charge is 0.456 e. The van der Waals surface area contributed by atoms with Gasteiger partial charge in [0.15, 0.2) is 0 Å². The molecule has 5 aromatic carbocycles. The molecule has 43 heavy (non-hydrogen) atoms. The van der Waals surface area contributed by atoms with Crippen molar-refractivity contribution in [2.45, 2.75) is 32.1 Å². The summed E-state index contributed by atoms with van der Waals surface area (Å²) in [5.74, 6) is 1.53. The molecule has 2 aliphatic carbocycles. The second kappa shape index (κ2) is 8.99. The maximum absolute atomic E-state index is 6.21. The van der Waals surface area contributed by atoms with Gasteiger partial charge in [-0.25, -0.2) is 0 Å². The molecule has 0 fully saturated rings. The van der Waals surface area contributed by atoms with E-state index in [0.717, 1.165) is 35.2 Å². The van der Waals surface area contributed by atoms with Crippen LogP contribution in [0.3, 0.4) is 0 Å². The minimum Gasteiger partial charge on any atom is -0.456 e. The van der Waals surface area contributed by atoms with E-state index in [4.69, 9.17) is 14.4 Å². The highest BCUT2D eigenvalue weighted by molar-refractivity contribution is 6.10. The number of hydrogen-bond donors (Lipinski definition) is 0. The number of nitrogens with zero attached hydrogens (tertiary/aromatic N) is 2. The van der Waals surface area contributed by atoms with Crippen molar-refractivity contribution in [1.29, 1.82) is 0 Å². The zero-order chi connectivity index (χ0) is 28.7. The Labute approximate surface area is 250 Å². The second-order valence-electron chi connectivity index (χ2n) is 12.5. The van der Waals surface area contributed by atoms with E-state index in [1.165, 1.54) is 60.3 Å². The van der Waals surface area contributed by atoms with Crippen LogP contribution in [0.5, 0.6) is 0 Å². The maximum Gasteiger partial charge on any atom is 0.135 e. The molecule has 2 aromatic heterocycles. The summed E-state index contributed by atoms with van der Waals surface area (Å²) >= 11 is 0. The van der Waals surface area contributed by atoms with Crippen LogP contribution in [0.2, 0.25) is 0 Å². The molecule has 9 rings (SSSR count). The molecule has 7 aromatic rings. The van der Waals surface area contributed by atoms with Gasteiger partial charge < -0.3 is 4.42 Å². The van der Waals surface area contributed by atoms with E-state index >= 15 is 0 Å². The Hall–Kier alpha value is -5.02. The van der Waals surface area contributed by atoms with Crippen molar-refractivity contribution in [1.82, 2.24) is 9.97 Å². The van der Waals surface area contributed by atoms with Crippen LogP contribution >= 0.6 is 0 Å². The first kappa shape index (κ1) is 24.6. The highest BCUT2D eigenvalue weighted by atomic mass is 16.3. The fourth-order valence-corrected chi connectivity index (χ4v) is 7.59. The fraction of sp³-hybridized carbons (Fsp3) is 0.150. The van der Waals surface area contributed by atoms with Crippen LogP contribution in [0.1, 0.15) is 41.9 Å². The summed E-state index contributed by atoms with van der Waals surface area (Å²) in [5, 5.41) is 6.25. The molecule has 3 heteroatoms. The third-order valence-corrected chi connectivity index (χ3v) is 9.72. The Morgan fingerprint density at radius 2 is 1.51 bits per heavy atom. The summed E-state index contributed by atoms with van der Waals surface area (Å²) in [5.41, 5.74) is 10.4. The summed E-state index contributed by atoms with van der Waals surface area (Å²) < 4.78 is 6.21. The minimum atomic E-state index is -0.181. The number of fused-ring (bicyclic) bond motifs is 10. The molecular weight excluding hydrogens is 524 g/mol. The summed E-state index contributed by atoms with van der Waals surface area (Å²) in [6, 6.07) is 28.9. The molecule has 0 saturated heterocycles. The number of benzene rings is 5. The number of furan rings is 1. The highest BCUT2D eigenvalue weighted by Crippen LogP contribution is 2.45. The molecule has 0 amide bonds. The van der Waals surface area contributed by atoms with Crippen LogP contribution in [-0.4, -0.2) is 9.97 Å². The predicted molar refractivity (Wildman–Crippen MR) is 178 cm³/mol. The molecule has 3 nitrogen and oxygen atoms in total. The molecule has 206 valence electrons. The Balaban J connectivity index is 1.21. The average Bonchev–Trinajstić information content (AvgIpc) is 3.41.